The van der Waals surface area contributed by atoms with Gasteiger partial charge in [-0.25, -0.2) is 0 Å². The van der Waals surface area contributed by atoms with Crippen LogP contribution in [0.3, 0.4) is 0 Å². The van der Waals surface area contributed by atoms with Crippen LogP contribution in [0.25, 0.3) is 0 Å². The van der Waals surface area contributed by atoms with Crippen LogP contribution in [0.5, 0.6) is 0 Å². The molecule has 1 nitrogen and oxygen atoms in total. The summed E-state index contributed by atoms with van der Waals surface area (Å²) < 4.78 is 0. The number of hydrogen-bond acceptors (Lipinski definition) is 2. The quantitative estimate of drug-likeness (QED) is 0.603. The summed E-state index contributed by atoms with van der Waals surface area (Å²) in [5.74, 6) is 2.76. The van der Waals surface area contributed by atoms with E-state index in [0.29, 0.717) is 11.7 Å². The SMILES string of the molecule is CC(=O)CSCC(C)C. The molecule has 0 aliphatic rings. The fraction of sp³-hybridized carbons (Fsp3) is 0.857. The van der Waals surface area contributed by atoms with Gasteiger partial charge in [-0.3, -0.25) is 4.79 Å². The zero-order chi connectivity index (χ0) is 7.28. The molecule has 0 spiro atoms. The van der Waals surface area contributed by atoms with Gasteiger partial charge < -0.3 is 0 Å². The molecule has 0 saturated carbocycles. The van der Waals surface area contributed by atoms with Gasteiger partial charge in [-0.1, -0.05) is 13.8 Å². The predicted octanol–water partition coefficient (Wildman–Crippen LogP) is 1.96. The third-order valence-corrected chi connectivity index (χ3v) is 2.27. The van der Waals surface area contributed by atoms with E-state index < -0.39 is 0 Å². The highest BCUT2D eigenvalue weighted by molar-refractivity contribution is 7.99. The minimum atomic E-state index is 0.278. The van der Waals surface area contributed by atoms with Gasteiger partial charge in [0.1, 0.15) is 5.78 Å². The summed E-state index contributed by atoms with van der Waals surface area (Å²) in [5, 5.41) is 0. The van der Waals surface area contributed by atoms with Crippen molar-refractivity contribution in [1.29, 1.82) is 0 Å². The molecule has 0 aromatic carbocycles. The summed E-state index contributed by atoms with van der Waals surface area (Å²) in [6, 6.07) is 0. The number of hydrogen-bond donors (Lipinski definition) is 0. The highest BCUT2D eigenvalue weighted by Gasteiger charge is 1.95. The second-order valence-corrected chi connectivity index (χ2v) is 3.64. The van der Waals surface area contributed by atoms with E-state index >= 15 is 0 Å². The van der Waals surface area contributed by atoms with Gasteiger partial charge in [0.25, 0.3) is 0 Å². The molecule has 0 fully saturated rings. The van der Waals surface area contributed by atoms with Crippen LogP contribution in [0, 0.1) is 5.92 Å². The second-order valence-electron chi connectivity index (χ2n) is 2.61. The van der Waals surface area contributed by atoms with Crippen LogP contribution in [-0.4, -0.2) is 17.3 Å². The monoisotopic (exact) mass is 146 g/mol. The Bertz CT molecular complexity index is 88.9. The van der Waals surface area contributed by atoms with Gasteiger partial charge in [0.15, 0.2) is 0 Å². The number of rotatable bonds is 4. The van der Waals surface area contributed by atoms with Crippen molar-refractivity contribution in [2.45, 2.75) is 20.8 Å². The first-order valence-electron chi connectivity index (χ1n) is 3.20. The lowest BCUT2D eigenvalue weighted by Gasteiger charge is -2.00. The van der Waals surface area contributed by atoms with Gasteiger partial charge >= 0.3 is 0 Å². The Kier molecular flexibility index (Phi) is 4.87. The number of ketones is 1. The van der Waals surface area contributed by atoms with E-state index in [-0.39, 0.29) is 5.78 Å². The molecule has 0 atom stereocenters. The molecule has 0 radical (unpaired) electrons. The van der Waals surface area contributed by atoms with E-state index in [9.17, 15) is 4.79 Å². The van der Waals surface area contributed by atoms with Gasteiger partial charge in [0.2, 0.25) is 0 Å². The van der Waals surface area contributed by atoms with Gasteiger partial charge in [0.05, 0.1) is 5.75 Å². The Labute approximate surface area is 61.2 Å². The van der Waals surface area contributed by atoms with E-state index in [2.05, 4.69) is 13.8 Å². The molecule has 2 heteroatoms. The Hall–Kier alpha value is 0.0200. The molecule has 0 aliphatic carbocycles. The maximum Gasteiger partial charge on any atom is 0.139 e. The van der Waals surface area contributed by atoms with Gasteiger partial charge in [0, 0.05) is 0 Å². The van der Waals surface area contributed by atoms with Crippen LogP contribution in [0.2, 0.25) is 0 Å². The maximum absolute atomic E-state index is 10.4. The lowest BCUT2D eigenvalue weighted by atomic mass is 10.3. The molecule has 0 bridgehead atoms. The summed E-state index contributed by atoms with van der Waals surface area (Å²) in [7, 11) is 0. The molecule has 0 aromatic heterocycles. The normalized spacial score (nSPS) is 10.2. The van der Waals surface area contributed by atoms with Crippen LogP contribution in [-0.2, 0) is 4.79 Å². The zero-order valence-electron chi connectivity index (χ0n) is 6.31. The highest BCUT2D eigenvalue weighted by atomic mass is 32.2. The highest BCUT2D eigenvalue weighted by Crippen LogP contribution is 2.06. The summed E-state index contributed by atoms with van der Waals surface area (Å²) in [6.07, 6.45) is 0. The lowest BCUT2D eigenvalue weighted by molar-refractivity contribution is -0.114. The smallest absolute Gasteiger partial charge is 0.139 e. The lowest BCUT2D eigenvalue weighted by Crippen LogP contribution is -1.98. The molecule has 0 aromatic rings. The maximum atomic E-state index is 10.4. The van der Waals surface area contributed by atoms with E-state index in [1.165, 1.54) is 0 Å². The molecule has 0 rings (SSSR count). The minimum absolute atomic E-state index is 0.278. The average Bonchev–Trinajstić information content (AvgIpc) is 1.63. The van der Waals surface area contributed by atoms with Gasteiger partial charge in [-0.2, -0.15) is 11.8 Å². The van der Waals surface area contributed by atoms with E-state index in [1.807, 2.05) is 0 Å². The molecule has 0 N–H and O–H groups in total. The number of Topliss-reactive ketones (excluding diaryl/α,β-unsaturated/α-hetero) is 1. The van der Waals surface area contributed by atoms with Gasteiger partial charge in [-0.05, 0) is 18.6 Å². The van der Waals surface area contributed by atoms with E-state index in [4.69, 9.17) is 0 Å². The van der Waals surface area contributed by atoms with Crippen LogP contribution in [0.1, 0.15) is 20.8 Å². The van der Waals surface area contributed by atoms with E-state index in [1.54, 1.807) is 18.7 Å². The molecule has 0 aliphatic heterocycles. The van der Waals surface area contributed by atoms with Crippen molar-refractivity contribution in [2.75, 3.05) is 11.5 Å². The van der Waals surface area contributed by atoms with Crippen molar-refractivity contribution >= 4 is 17.5 Å². The van der Waals surface area contributed by atoms with Crippen LogP contribution in [0.4, 0.5) is 0 Å². The van der Waals surface area contributed by atoms with Crippen LogP contribution >= 0.6 is 11.8 Å². The topological polar surface area (TPSA) is 17.1 Å². The van der Waals surface area contributed by atoms with E-state index in [0.717, 1.165) is 5.75 Å². The first-order valence-corrected chi connectivity index (χ1v) is 4.35. The van der Waals surface area contributed by atoms with Crippen molar-refractivity contribution in [3.63, 3.8) is 0 Å². The summed E-state index contributed by atoms with van der Waals surface area (Å²) in [4.78, 5) is 10.4. The number of carbonyl (C=O) groups excluding carboxylic acids is 1. The van der Waals surface area contributed by atoms with Crippen molar-refractivity contribution in [3.8, 4) is 0 Å². The van der Waals surface area contributed by atoms with Gasteiger partial charge in [-0.15, -0.1) is 0 Å². The van der Waals surface area contributed by atoms with Crippen molar-refractivity contribution in [2.24, 2.45) is 5.92 Å². The predicted molar refractivity (Wildman–Crippen MR) is 42.8 cm³/mol. The van der Waals surface area contributed by atoms with Crippen LogP contribution in [0.15, 0.2) is 0 Å². The largest absolute Gasteiger partial charge is 0.299 e. The first-order chi connectivity index (χ1) is 4.13. The summed E-state index contributed by atoms with van der Waals surface area (Å²) in [6.45, 7) is 5.95. The molecule has 9 heavy (non-hydrogen) atoms. The third-order valence-electron chi connectivity index (χ3n) is 0.757. The summed E-state index contributed by atoms with van der Waals surface area (Å²) in [5.41, 5.74) is 0. The Balaban J connectivity index is 3.01. The molecule has 0 heterocycles. The van der Waals surface area contributed by atoms with Crippen molar-refractivity contribution in [1.82, 2.24) is 0 Å². The zero-order valence-corrected chi connectivity index (χ0v) is 7.12. The Morgan fingerprint density at radius 2 is 2.11 bits per heavy atom. The molecule has 0 unspecified atom stereocenters. The molecular formula is C7H14OS. The fourth-order valence-corrected chi connectivity index (χ4v) is 1.32. The first kappa shape index (κ1) is 9.02. The molecule has 0 saturated heterocycles. The van der Waals surface area contributed by atoms with Crippen LogP contribution < -0.4 is 0 Å². The average molecular weight is 146 g/mol. The molecule has 0 amide bonds. The summed E-state index contributed by atoms with van der Waals surface area (Å²) >= 11 is 1.72. The number of thioether (sulfide) groups is 1. The minimum Gasteiger partial charge on any atom is -0.299 e. The van der Waals surface area contributed by atoms with Crippen molar-refractivity contribution < 1.29 is 4.79 Å². The second kappa shape index (κ2) is 4.86. The molecule has 54 valence electrons. The Morgan fingerprint density at radius 3 is 2.44 bits per heavy atom. The number of carbonyl (C=O) groups is 1. The Morgan fingerprint density at radius 1 is 1.56 bits per heavy atom. The third kappa shape index (κ3) is 8.02. The van der Waals surface area contributed by atoms with Crippen molar-refractivity contribution in [3.05, 3.63) is 0 Å². The molecular weight excluding hydrogens is 132 g/mol. The fourth-order valence-electron chi connectivity index (χ4n) is 0.438. The standard InChI is InChI=1S/C7H14OS/c1-6(2)4-9-5-7(3)8/h6H,4-5H2,1-3H3.